The lowest BCUT2D eigenvalue weighted by Gasteiger charge is -2.45. The lowest BCUT2D eigenvalue weighted by atomic mass is 10.00. The van der Waals surface area contributed by atoms with Gasteiger partial charge in [0.2, 0.25) is 0 Å². The third kappa shape index (κ3) is 4.38. The molecule has 0 spiro atoms. The normalized spacial score (nSPS) is 16.3. The Morgan fingerprint density at radius 1 is 0.395 bits per heavy atom. The SMILES string of the molecule is Cc1cc(C)cc(-c2cc3c4c(c2)P(c2ccccc2)c2cc(C)ccc2N4c2ccc(C)cc2P3c2ccccc2)c1. The van der Waals surface area contributed by atoms with Gasteiger partial charge in [0, 0.05) is 21.2 Å². The molecule has 0 saturated heterocycles. The summed E-state index contributed by atoms with van der Waals surface area (Å²) in [6.45, 7) is 8.89. The minimum Gasteiger partial charge on any atom is -0.308 e. The second-order valence-electron chi connectivity index (χ2n) is 11.9. The molecule has 2 aliphatic heterocycles. The van der Waals surface area contributed by atoms with E-state index < -0.39 is 15.8 Å². The van der Waals surface area contributed by atoms with Crippen molar-refractivity contribution in [1.82, 2.24) is 0 Å². The zero-order chi connectivity index (χ0) is 29.2. The quantitative estimate of drug-likeness (QED) is 0.188. The highest BCUT2D eigenvalue weighted by Crippen LogP contribution is 2.55. The van der Waals surface area contributed by atoms with Crippen LogP contribution in [0.5, 0.6) is 0 Å². The largest absolute Gasteiger partial charge is 0.308 e. The van der Waals surface area contributed by atoms with E-state index in [4.69, 9.17) is 0 Å². The fourth-order valence-corrected chi connectivity index (χ4v) is 12.4. The van der Waals surface area contributed by atoms with Crippen LogP contribution in [-0.4, -0.2) is 0 Å². The Kier molecular flexibility index (Phi) is 6.38. The molecule has 6 aromatic carbocycles. The van der Waals surface area contributed by atoms with E-state index >= 15 is 0 Å². The fraction of sp³-hybridized carbons (Fsp3) is 0.100. The molecule has 0 saturated carbocycles. The van der Waals surface area contributed by atoms with Crippen molar-refractivity contribution < 1.29 is 0 Å². The Morgan fingerprint density at radius 2 is 0.837 bits per heavy atom. The van der Waals surface area contributed by atoms with E-state index in [2.05, 4.69) is 160 Å². The molecule has 0 amide bonds. The maximum atomic E-state index is 2.60. The standard InChI is InChI=1S/C40H33NP2/c1-26-15-17-34-36(22-26)42(32-11-7-5-8-12-32)38-24-31(30-20-28(3)19-29(4)21-30)25-39-40(38)41(34)35-18-16-27(2)23-37(35)43(39)33-13-9-6-10-14-33/h5-25H,1-4H3. The third-order valence-electron chi connectivity index (χ3n) is 8.58. The molecule has 0 fully saturated rings. The smallest absolute Gasteiger partial charge is 0.0629 e. The van der Waals surface area contributed by atoms with Crippen LogP contribution < -0.4 is 36.7 Å². The molecule has 3 heteroatoms. The lowest BCUT2D eigenvalue weighted by Crippen LogP contribution is -2.43. The molecule has 0 bridgehead atoms. The van der Waals surface area contributed by atoms with Gasteiger partial charge in [0.1, 0.15) is 0 Å². The number of hydrogen-bond donors (Lipinski definition) is 0. The van der Waals surface area contributed by atoms with Crippen molar-refractivity contribution in [1.29, 1.82) is 0 Å². The van der Waals surface area contributed by atoms with Gasteiger partial charge in [0.25, 0.3) is 0 Å². The van der Waals surface area contributed by atoms with Crippen molar-refractivity contribution in [3.8, 4) is 11.1 Å². The van der Waals surface area contributed by atoms with E-state index in [1.165, 1.54) is 82.3 Å². The molecule has 2 aliphatic rings. The van der Waals surface area contributed by atoms with Crippen molar-refractivity contribution in [2.45, 2.75) is 27.7 Å². The highest BCUT2D eigenvalue weighted by molar-refractivity contribution is 7.82. The second-order valence-corrected chi connectivity index (χ2v) is 16.2. The Balaban J connectivity index is 1.53. The first-order chi connectivity index (χ1) is 21.0. The second kappa shape index (κ2) is 10.3. The van der Waals surface area contributed by atoms with Gasteiger partial charge >= 0.3 is 0 Å². The Labute approximate surface area is 257 Å². The maximum Gasteiger partial charge on any atom is 0.0629 e. The van der Waals surface area contributed by atoms with E-state index in [0.717, 1.165) is 0 Å². The molecule has 8 rings (SSSR count). The van der Waals surface area contributed by atoms with Crippen LogP contribution in [0.4, 0.5) is 17.1 Å². The molecule has 2 heterocycles. The van der Waals surface area contributed by atoms with E-state index in [1.54, 1.807) is 0 Å². The van der Waals surface area contributed by atoms with Gasteiger partial charge in [-0.25, -0.2) is 0 Å². The first kappa shape index (κ1) is 26.6. The minimum absolute atomic E-state index is 0.766. The highest BCUT2D eigenvalue weighted by Gasteiger charge is 2.41. The van der Waals surface area contributed by atoms with Crippen LogP contribution in [0.1, 0.15) is 22.3 Å². The molecule has 6 aromatic rings. The molecular formula is C40H33NP2. The van der Waals surface area contributed by atoms with E-state index in [1.807, 2.05) is 0 Å². The number of hydrogen-bond acceptors (Lipinski definition) is 1. The summed E-state index contributed by atoms with van der Waals surface area (Å²) in [5.74, 6) is 0. The predicted octanol–water partition coefficient (Wildman–Crippen LogP) is 8.20. The monoisotopic (exact) mass is 589 g/mol. The van der Waals surface area contributed by atoms with Crippen LogP contribution in [-0.2, 0) is 0 Å². The molecule has 0 radical (unpaired) electrons. The molecule has 0 N–H and O–H groups in total. The average Bonchev–Trinajstić information content (AvgIpc) is 3.01. The molecular weight excluding hydrogens is 556 g/mol. The highest BCUT2D eigenvalue weighted by atomic mass is 31.1. The number of fused-ring (bicyclic) bond motifs is 4. The summed E-state index contributed by atoms with van der Waals surface area (Å²) in [5.41, 5.74) is 11.9. The minimum atomic E-state index is -0.766. The Morgan fingerprint density at radius 3 is 1.30 bits per heavy atom. The number of anilines is 3. The van der Waals surface area contributed by atoms with Crippen LogP contribution in [0, 0.1) is 27.7 Å². The molecule has 2 unspecified atom stereocenters. The van der Waals surface area contributed by atoms with Gasteiger partial charge in [-0.15, -0.1) is 0 Å². The zero-order valence-corrected chi connectivity index (χ0v) is 26.8. The van der Waals surface area contributed by atoms with Gasteiger partial charge in [-0.3, -0.25) is 0 Å². The van der Waals surface area contributed by atoms with Gasteiger partial charge in [0.05, 0.1) is 17.1 Å². The summed E-state index contributed by atoms with van der Waals surface area (Å²) in [6.07, 6.45) is 0. The van der Waals surface area contributed by atoms with Crippen molar-refractivity contribution in [3.05, 3.63) is 150 Å². The summed E-state index contributed by atoms with van der Waals surface area (Å²) in [4.78, 5) is 2.60. The topological polar surface area (TPSA) is 3.24 Å². The predicted molar refractivity (Wildman–Crippen MR) is 190 cm³/mol. The summed E-state index contributed by atoms with van der Waals surface area (Å²) in [5, 5.41) is 8.61. The van der Waals surface area contributed by atoms with Gasteiger partial charge < -0.3 is 4.90 Å². The van der Waals surface area contributed by atoms with Gasteiger partial charge in [0.15, 0.2) is 0 Å². The van der Waals surface area contributed by atoms with Crippen molar-refractivity contribution in [2.75, 3.05) is 4.90 Å². The van der Waals surface area contributed by atoms with Crippen molar-refractivity contribution >= 4 is 64.7 Å². The molecule has 0 aliphatic carbocycles. The first-order valence-corrected chi connectivity index (χ1v) is 17.6. The molecule has 2 atom stereocenters. The molecule has 43 heavy (non-hydrogen) atoms. The number of aryl methyl sites for hydroxylation is 4. The van der Waals surface area contributed by atoms with Crippen molar-refractivity contribution in [2.24, 2.45) is 0 Å². The van der Waals surface area contributed by atoms with Crippen molar-refractivity contribution in [3.63, 3.8) is 0 Å². The average molecular weight is 590 g/mol. The third-order valence-corrected chi connectivity index (χ3v) is 13.5. The number of rotatable bonds is 3. The summed E-state index contributed by atoms with van der Waals surface area (Å²) < 4.78 is 0. The summed E-state index contributed by atoms with van der Waals surface area (Å²) >= 11 is 0. The molecule has 208 valence electrons. The van der Waals surface area contributed by atoms with Crippen LogP contribution in [0.3, 0.4) is 0 Å². The van der Waals surface area contributed by atoms with Gasteiger partial charge in [-0.1, -0.05) is 113 Å². The first-order valence-electron chi connectivity index (χ1n) is 14.9. The van der Waals surface area contributed by atoms with Crippen LogP contribution >= 0.6 is 15.8 Å². The van der Waals surface area contributed by atoms with Gasteiger partial charge in [-0.05, 0) is 102 Å². The molecule has 1 nitrogen and oxygen atoms in total. The Bertz CT molecular complexity index is 1890. The van der Waals surface area contributed by atoms with Gasteiger partial charge in [-0.2, -0.15) is 0 Å². The number of nitrogens with zero attached hydrogens (tertiary/aromatic N) is 1. The fourth-order valence-electron chi connectivity index (χ4n) is 6.83. The lowest BCUT2D eigenvalue weighted by molar-refractivity contribution is 1.30. The van der Waals surface area contributed by atoms with E-state index in [0.29, 0.717) is 0 Å². The van der Waals surface area contributed by atoms with E-state index in [-0.39, 0.29) is 0 Å². The summed E-state index contributed by atoms with van der Waals surface area (Å²) in [7, 11) is -1.53. The summed E-state index contributed by atoms with van der Waals surface area (Å²) in [6, 6.07) is 48.7. The van der Waals surface area contributed by atoms with E-state index in [9.17, 15) is 0 Å². The van der Waals surface area contributed by atoms with Crippen LogP contribution in [0.2, 0.25) is 0 Å². The Hall–Kier alpha value is -4.02. The van der Waals surface area contributed by atoms with Crippen LogP contribution in [0.15, 0.2) is 127 Å². The van der Waals surface area contributed by atoms with Crippen LogP contribution in [0.25, 0.3) is 11.1 Å². The maximum absolute atomic E-state index is 2.60. The zero-order valence-electron chi connectivity index (χ0n) is 25.0. The number of benzene rings is 6. The molecule has 0 aromatic heterocycles.